The molecule has 5 rings (SSSR count). The number of carbonyl (C=O) groups is 1. The summed E-state index contributed by atoms with van der Waals surface area (Å²) in [5, 5.41) is 2.86. The lowest BCUT2D eigenvalue weighted by molar-refractivity contribution is -0.141. The number of benzene rings is 2. The van der Waals surface area contributed by atoms with Crippen LogP contribution in [0.2, 0.25) is 0 Å². The van der Waals surface area contributed by atoms with Gasteiger partial charge >= 0.3 is 6.18 Å². The first-order valence-electron chi connectivity index (χ1n) is 12.0. The van der Waals surface area contributed by atoms with Gasteiger partial charge in [-0.2, -0.15) is 13.2 Å². The van der Waals surface area contributed by atoms with E-state index in [1.54, 1.807) is 47.1 Å². The smallest absolute Gasteiger partial charge is 0.416 e. The van der Waals surface area contributed by atoms with E-state index in [1.165, 1.54) is 6.07 Å². The number of nitrogens with one attached hydrogen (secondary N) is 1. The zero-order valence-corrected chi connectivity index (χ0v) is 21.0. The van der Waals surface area contributed by atoms with Crippen molar-refractivity contribution >= 4 is 17.2 Å². The van der Waals surface area contributed by atoms with E-state index in [4.69, 9.17) is 14.2 Å². The second-order valence-electron chi connectivity index (χ2n) is 9.55. The lowest BCUT2D eigenvalue weighted by Gasteiger charge is -2.18. The molecule has 10 heteroatoms. The van der Waals surface area contributed by atoms with E-state index in [0.717, 1.165) is 17.7 Å². The summed E-state index contributed by atoms with van der Waals surface area (Å²) in [5.41, 5.74) is 1.86. The number of hydrogen-bond donors (Lipinski definition) is 1. The molecule has 3 heterocycles. The normalized spacial score (nSPS) is 17.1. The van der Waals surface area contributed by atoms with Gasteiger partial charge in [-0.05, 0) is 56.7 Å². The minimum Gasteiger partial charge on any atom is -0.490 e. The molecule has 0 bridgehead atoms. The Kier molecular flexibility index (Phi) is 6.62. The SMILES string of the molecule is Cc1ccc(NC(=O)c2cccn3cc(-c4cccc(C(F)(F)F)c4)nc23)cc1OCC1COC(C)(C)O1. The van der Waals surface area contributed by atoms with Crippen molar-refractivity contribution in [2.75, 3.05) is 18.5 Å². The Morgan fingerprint density at radius 1 is 1.18 bits per heavy atom. The molecular formula is C28H26F3N3O4. The van der Waals surface area contributed by atoms with Gasteiger partial charge in [-0.25, -0.2) is 4.98 Å². The van der Waals surface area contributed by atoms with Gasteiger partial charge < -0.3 is 23.9 Å². The largest absolute Gasteiger partial charge is 0.490 e. The number of rotatable bonds is 6. The van der Waals surface area contributed by atoms with Crippen LogP contribution in [0.15, 0.2) is 67.0 Å². The van der Waals surface area contributed by atoms with Gasteiger partial charge in [-0.3, -0.25) is 4.79 Å². The molecule has 38 heavy (non-hydrogen) atoms. The van der Waals surface area contributed by atoms with E-state index >= 15 is 0 Å². The van der Waals surface area contributed by atoms with Crippen molar-refractivity contribution in [3.8, 4) is 17.0 Å². The fourth-order valence-corrected chi connectivity index (χ4v) is 4.24. The Bertz CT molecular complexity index is 1500. The maximum atomic E-state index is 13.2. The summed E-state index contributed by atoms with van der Waals surface area (Å²) in [6.07, 6.45) is -1.39. The number of aromatic nitrogens is 2. The minimum absolute atomic E-state index is 0.202. The fraction of sp³-hybridized carbons (Fsp3) is 0.286. The topological polar surface area (TPSA) is 74.1 Å². The molecule has 1 unspecified atom stereocenters. The molecule has 2 aromatic carbocycles. The van der Waals surface area contributed by atoms with Crippen LogP contribution < -0.4 is 10.1 Å². The Hall–Kier alpha value is -3.89. The Balaban J connectivity index is 1.35. The third-order valence-electron chi connectivity index (χ3n) is 6.15. The zero-order chi connectivity index (χ0) is 27.1. The number of imidazole rings is 1. The van der Waals surface area contributed by atoms with Gasteiger partial charge in [0.15, 0.2) is 5.79 Å². The van der Waals surface area contributed by atoms with E-state index in [1.807, 2.05) is 26.8 Å². The van der Waals surface area contributed by atoms with E-state index in [0.29, 0.717) is 41.6 Å². The summed E-state index contributed by atoms with van der Waals surface area (Å²) < 4.78 is 58.4. The molecule has 1 aliphatic rings. The first-order chi connectivity index (χ1) is 18.0. The maximum Gasteiger partial charge on any atom is 0.416 e. The minimum atomic E-state index is -4.47. The molecule has 1 fully saturated rings. The second kappa shape index (κ2) is 9.77. The highest BCUT2D eigenvalue weighted by molar-refractivity contribution is 6.08. The molecule has 0 saturated carbocycles. The number of ether oxygens (including phenoxy) is 3. The van der Waals surface area contributed by atoms with E-state index < -0.39 is 23.4 Å². The summed E-state index contributed by atoms with van der Waals surface area (Å²) in [7, 11) is 0. The summed E-state index contributed by atoms with van der Waals surface area (Å²) in [5.74, 6) is -0.462. The van der Waals surface area contributed by atoms with Crippen molar-refractivity contribution in [1.29, 1.82) is 0 Å². The van der Waals surface area contributed by atoms with Gasteiger partial charge in [0.25, 0.3) is 5.91 Å². The van der Waals surface area contributed by atoms with Crippen LogP contribution in [0.3, 0.4) is 0 Å². The number of pyridine rings is 1. The van der Waals surface area contributed by atoms with Crippen LogP contribution in [0.1, 0.15) is 35.3 Å². The van der Waals surface area contributed by atoms with Crippen LogP contribution in [0.4, 0.5) is 18.9 Å². The number of halogens is 3. The number of aryl methyl sites for hydroxylation is 1. The fourth-order valence-electron chi connectivity index (χ4n) is 4.24. The van der Waals surface area contributed by atoms with E-state index in [-0.39, 0.29) is 11.7 Å². The monoisotopic (exact) mass is 525 g/mol. The molecule has 2 aromatic heterocycles. The predicted octanol–water partition coefficient (Wildman–Crippen LogP) is 6.11. The van der Waals surface area contributed by atoms with Crippen molar-refractivity contribution in [2.45, 2.75) is 38.8 Å². The third-order valence-corrected chi connectivity index (χ3v) is 6.15. The number of alkyl halides is 3. The Morgan fingerprint density at radius 3 is 2.74 bits per heavy atom. The quantitative estimate of drug-likeness (QED) is 0.329. The molecule has 0 radical (unpaired) electrons. The molecule has 0 aliphatic carbocycles. The lowest BCUT2D eigenvalue weighted by Crippen LogP contribution is -2.25. The molecule has 7 nitrogen and oxygen atoms in total. The zero-order valence-electron chi connectivity index (χ0n) is 21.0. The standard InChI is InChI=1S/C28H26F3N3O4/c1-17-9-10-20(13-24(17)36-15-21-16-37-27(2,3)38-21)32-26(35)22-8-5-11-34-14-23(33-25(22)34)18-6-4-7-19(12-18)28(29,30)31/h4-14,21H,15-16H2,1-3H3,(H,32,35). The number of hydrogen-bond acceptors (Lipinski definition) is 5. The number of anilines is 1. The van der Waals surface area contributed by atoms with Crippen molar-refractivity contribution < 1.29 is 32.2 Å². The highest BCUT2D eigenvalue weighted by atomic mass is 19.4. The third kappa shape index (κ3) is 5.51. The highest BCUT2D eigenvalue weighted by Gasteiger charge is 2.33. The summed E-state index contributed by atoms with van der Waals surface area (Å²) in [6.45, 7) is 6.32. The van der Waals surface area contributed by atoms with E-state index in [2.05, 4.69) is 10.3 Å². The van der Waals surface area contributed by atoms with Crippen LogP contribution in [-0.4, -0.2) is 40.4 Å². The summed E-state index contributed by atoms with van der Waals surface area (Å²) in [6, 6.07) is 13.5. The van der Waals surface area contributed by atoms with Crippen molar-refractivity contribution in [1.82, 2.24) is 9.38 Å². The Labute approximate surface area is 217 Å². The van der Waals surface area contributed by atoms with Gasteiger partial charge in [-0.1, -0.05) is 18.2 Å². The molecule has 0 spiro atoms. The number of nitrogens with zero attached hydrogens (tertiary/aromatic N) is 2. The first-order valence-corrected chi connectivity index (χ1v) is 12.0. The average Bonchev–Trinajstić information content (AvgIpc) is 3.46. The van der Waals surface area contributed by atoms with Crippen molar-refractivity contribution in [3.63, 3.8) is 0 Å². The Morgan fingerprint density at radius 2 is 2.00 bits per heavy atom. The van der Waals surface area contributed by atoms with Gasteiger partial charge in [0.2, 0.25) is 0 Å². The lowest BCUT2D eigenvalue weighted by atomic mass is 10.1. The molecule has 1 aliphatic heterocycles. The molecule has 1 amide bonds. The second-order valence-corrected chi connectivity index (χ2v) is 9.55. The van der Waals surface area contributed by atoms with Gasteiger partial charge in [-0.15, -0.1) is 0 Å². The highest BCUT2D eigenvalue weighted by Crippen LogP contribution is 2.32. The first kappa shape index (κ1) is 25.7. The van der Waals surface area contributed by atoms with Crippen LogP contribution in [-0.2, 0) is 15.7 Å². The molecule has 1 N–H and O–H groups in total. The molecule has 1 saturated heterocycles. The number of fused-ring (bicyclic) bond motifs is 1. The summed E-state index contributed by atoms with van der Waals surface area (Å²) >= 11 is 0. The van der Waals surface area contributed by atoms with Gasteiger partial charge in [0.05, 0.1) is 23.4 Å². The van der Waals surface area contributed by atoms with Gasteiger partial charge in [0, 0.05) is 29.7 Å². The molecule has 198 valence electrons. The number of amides is 1. The molecule has 1 atom stereocenters. The number of carbonyl (C=O) groups excluding carboxylic acids is 1. The van der Waals surface area contributed by atoms with Crippen LogP contribution in [0, 0.1) is 6.92 Å². The molecule has 4 aromatic rings. The van der Waals surface area contributed by atoms with Crippen LogP contribution in [0.25, 0.3) is 16.9 Å². The molecular weight excluding hydrogens is 499 g/mol. The van der Waals surface area contributed by atoms with Crippen molar-refractivity contribution in [3.05, 3.63) is 83.7 Å². The van der Waals surface area contributed by atoms with Crippen molar-refractivity contribution in [2.24, 2.45) is 0 Å². The average molecular weight is 526 g/mol. The predicted molar refractivity (Wildman–Crippen MR) is 135 cm³/mol. The summed E-state index contributed by atoms with van der Waals surface area (Å²) in [4.78, 5) is 17.7. The van der Waals surface area contributed by atoms with Crippen LogP contribution in [0.5, 0.6) is 5.75 Å². The van der Waals surface area contributed by atoms with Crippen LogP contribution >= 0.6 is 0 Å². The van der Waals surface area contributed by atoms with Gasteiger partial charge in [0.1, 0.15) is 24.1 Å². The maximum absolute atomic E-state index is 13.2. The van der Waals surface area contributed by atoms with E-state index in [9.17, 15) is 18.0 Å².